The van der Waals surface area contributed by atoms with E-state index in [9.17, 15) is 4.79 Å². The van der Waals surface area contributed by atoms with Crippen LogP contribution in [-0.4, -0.2) is 50.8 Å². The number of carbonyl (C=O) groups is 1. The van der Waals surface area contributed by atoms with E-state index < -0.39 is 0 Å². The van der Waals surface area contributed by atoms with Crippen LogP contribution in [0.2, 0.25) is 5.02 Å². The van der Waals surface area contributed by atoms with Crippen molar-refractivity contribution in [2.75, 3.05) is 40.0 Å². The molecule has 158 valence electrons. The van der Waals surface area contributed by atoms with Gasteiger partial charge in [-0.2, -0.15) is 0 Å². The van der Waals surface area contributed by atoms with Crippen molar-refractivity contribution < 1.29 is 18.7 Å². The van der Waals surface area contributed by atoms with Crippen molar-refractivity contribution in [1.29, 1.82) is 0 Å². The number of hydrogen-bond acceptors (Lipinski definition) is 5. The van der Waals surface area contributed by atoms with E-state index in [1.165, 1.54) is 0 Å². The van der Waals surface area contributed by atoms with Crippen LogP contribution in [0.4, 0.5) is 0 Å². The van der Waals surface area contributed by atoms with Crippen molar-refractivity contribution in [3.05, 3.63) is 64.9 Å². The number of ether oxygens (including phenoxy) is 2. The van der Waals surface area contributed by atoms with Gasteiger partial charge in [0, 0.05) is 41.7 Å². The lowest BCUT2D eigenvalue weighted by Gasteiger charge is -2.35. The fourth-order valence-corrected chi connectivity index (χ4v) is 3.93. The third-order valence-corrected chi connectivity index (χ3v) is 5.70. The summed E-state index contributed by atoms with van der Waals surface area (Å²) in [5.74, 6) is 0.685. The van der Waals surface area contributed by atoms with Gasteiger partial charge in [-0.25, -0.2) is 0 Å². The SMILES string of the molecule is COc1ccc2c(CC(=O)NCC(c3ccc(Cl)cc3)N3CCOCC3)coc2c1. The molecule has 7 heteroatoms. The maximum atomic E-state index is 12.7. The molecule has 2 aromatic carbocycles. The van der Waals surface area contributed by atoms with Crippen LogP contribution < -0.4 is 10.1 Å². The van der Waals surface area contributed by atoms with Crippen molar-refractivity contribution in [2.24, 2.45) is 0 Å². The van der Waals surface area contributed by atoms with Crippen molar-refractivity contribution in [3.8, 4) is 5.75 Å². The monoisotopic (exact) mass is 428 g/mol. The lowest BCUT2D eigenvalue weighted by atomic mass is 10.0. The van der Waals surface area contributed by atoms with E-state index in [0.29, 0.717) is 30.4 Å². The number of morpholine rings is 1. The molecule has 0 radical (unpaired) electrons. The lowest BCUT2D eigenvalue weighted by Crippen LogP contribution is -2.44. The molecule has 1 amide bonds. The normalized spacial score (nSPS) is 15.8. The maximum absolute atomic E-state index is 12.7. The van der Waals surface area contributed by atoms with Crippen LogP contribution in [0.15, 0.2) is 53.1 Å². The number of fused-ring (bicyclic) bond motifs is 1. The number of benzene rings is 2. The first-order chi connectivity index (χ1) is 14.6. The van der Waals surface area contributed by atoms with Crippen LogP contribution in [-0.2, 0) is 16.0 Å². The zero-order valence-corrected chi connectivity index (χ0v) is 17.7. The minimum absolute atomic E-state index is 0.0410. The van der Waals surface area contributed by atoms with Crippen LogP contribution in [0.3, 0.4) is 0 Å². The second kappa shape index (κ2) is 9.51. The van der Waals surface area contributed by atoms with Crippen LogP contribution in [0.5, 0.6) is 5.75 Å². The predicted octanol–water partition coefficient (Wildman–Crippen LogP) is 3.83. The lowest BCUT2D eigenvalue weighted by molar-refractivity contribution is -0.120. The molecule has 0 aliphatic carbocycles. The number of rotatable bonds is 7. The highest BCUT2D eigenvalue weighted by molar-refractivity contribution is 6.30. The molecule has 1 aromatic heterocycles. The Morgan fingerprint density at radius 1 is 1.20 bits per heavy atom. The van der Waals surface area contributed by atoms with E-state index in [0.717, 1.165) is 35.4 Å². The van der Waals surface area contributed by atoms with Gasteiger partial charge in [-0.3, -0.25) is 9.69 Å². The van der Waals surface area contributed by atoms with Gasteiger partial charge in [0.25, 0.3) is 0 Å². The summed E-state index contributed by atoms with van der Waals surface area (Å²) in [4.78, 5) is 15.0. The molecule has 3 aromatic rings. The summed E-state index contributed by atoms with van der Waals surface area (Å²) < 4.78 is 16.3. The highest BCUT2D eigenvalue weighted by Gasteiger charge is 2.23. The smallest absolute Gasteiger partial charge is 0.224 e. The van der Waals surface area contributed by atoms with Crippen LogP contribution in [0.25, 0.3) is 11.0 Å². The minimum Gasteiger partial charge on any atom is -0.497 e. The first-order valence-corrected chi connectivity index (χ1v) is 10.4. The highest BCUT2D eigenvalue weighted by Crippen LogP contribution is 2.26. The van der Waals surface area contributed by atoms with Gasteiger partial charge >= 0.3 is 0 Å². The number of nitrogens with zero attached hydrogens (tertiary/aromatic N) is 1. The van der Waals surface area contributed by atoms with E-state index >= 15 is 0 Å². The molecule has 30 heavy (non-hydrogen) atoms. The van der Waals surface area contributed by atoms with Gasteiger partial charge in [0.15, 0.2) is 0 Å². The largest absolute Gasteiger partial charge is 0.497 e. The average molecular weight is 429 g/mol. The molecule has 1 aliphatic rings. The first kappa shape index (κ1) is 20.7. The molecule has 0 spiro atoms. The number of hydrogen-bond donors (Lipinski definition) is 1. The standard InChI is InChI=1S/C23H25ClN2O4/c1-28-19-6-7-20-17(15-30-22(20)13-19)12-23(27)25-14-21(26-8-10-29-11-9-26)16-2-4-18(24)5-3-16/h2-7,13,15,21H,8-12,14H2,1H3,(H,25,27). The zero-order valence-electron chi connectivity index (χ0n) is 16.9. The Bertz CT molecular complexity index is 996. The molecular weight excluding hydrogens is 404 g/mol. The summed E-state index contributed by atoms with van der Waals surface area (Å²) in [7, 11) is 1.62. The number of methoxy groups -OCH3 is 1. The Hall–Kier alpha value is -2.54. The van der Waals surface area contributed by atoms with Crippen LogP contribution in [0, 0.1) is 0 Å². The van der Waals surface area contributed by atoms with Gasteiger partial charge in [-0.05, 0) is 29.8 Å². The highest BCUT2D eigenvalue weighted by atomic mass is 35.5. The van der Waals surface area contributed by atoms with Crippen molar-refractivity contribution in [1.82, 2.24) is 10.2 Å². The van der Waals surface area contributed by atoms with Gasteiger partial charge in [-0.15, -0.1) is 0 Å². The van der Waals surface area contributed by atoms with Crippen LogP contribution >= 0.6 is 11.6 Å². The Morgan fingerprint density at radius 2 is 1.97 bits per heavy atom. The second-order valence-corrected chi connectivity index (χ2v) is 7.76. The number of carbonyl (C=O) groups excluding carboxylic acids is 1. The van der Waals surface area contributed by atoms with E-state index in [1.807, 2.05) is 42.5 Å². The summed E-state index contributed by atoms with van der Waals surface area (Å²) in [6.45, 7) is 3.57. The molecular formula is C23H25ClN2O4. The Balaban J connectivity index is 1.44. The third kappa shape index (κ3) is 4.78. The molecule has 1 atom stereocenters. The quantitative estimate of drug-likeness (QED) is 0.619. The molecule has 0 saturated carbocycles. The summed E-state index contributed by atoms with van der Waals surface area (Å²) in [5.41, 5.74) is 2.70. The molecule has 4 rings (SSSR count). The van der Waals surface area contributed by atoms with Crippen LogP contribution in [0.1, 0.15) is 17.2 Å². The van der Waals surface area contributed by atoms with Crippen molar-refractivity contribution in [2.45, 2.75) is 12.5 Å². The summed E-state index contributed by atoms with van der Waals surface area (Å²) in [6.07, 6.45) is 1.90. The molecule has 0 bridgehead atoms. The number of halogens is 1. The molecule has 1 N–H and O–H groups in total. The van der Waals surface area contributed by atoms with E-state index in [-0.39, 0.29) is 18.4 Å². The van der Waals surface area contributed by atoms with Gasteiger partial charge < -0.3 is 19.2 Å². The Morgan fingerprint density at radius 3 is 2.70 bits per heavy atom. The topological polar surface area (TPSA) is 63.9 Å². The molecule has 1 fully saturated rings. The van der Waals surface area contributed by atoms with E-state index in [1.54, 1.807) is 13.4 Å². The Labute approximate surface area is 180 Å². The molecule has 6 nitrogen and oxygen atoms in total. The number of nitrogens with one attached hydrogen (secondary N) is 1. The first-order valence-electron chi connectivity index (χ1n) is 10.0. The second-order valence-electron chi connectivity index (χ2n) is 7.32. The summed E-state index contributed by atoms with van der Waals surface area (Å²) in [5, 5.41) is 4.72. The number of furan rings is 1. The Kier molecular flexibility index (Phi) is 6.57. The summed E-state index contributed by atoms with van der Waals surface area (Å²) in [6, 6.07) is 13.5. The average Bonchev–Trinajstić information content (AvgIpc) is 3.17. The van der Waals surface area contributed by atoms with Gasteiger partial charge in [-0.1, -0.05) is 23.7 Å². The van der Waals surface area contributed by atoms with Crippen molar-refractivity contribution in [3.63, 3.8) is 0 Å². The fourth-order valence-electron chi connectivity index (χ4n) is 3.81. The van der Waals surface area contributed by atoms with E-state index in [4.69, 9.17) is 25.5 Å². The maximum Gasteiger partial charge on any atom is 0.224 e. The molecule has 1 saturated heterocycles. The predicted molar refractivity (Wildman–Crippen MR) is 116 cm³/mol. The number of amides is 1. The zero-order chi connectivity index (χ0) is 20.9. The third-order valence-electron chi connectivity index (χ3n) is 5.45. The van der Waals surface area contributed by atoms with Gasteiger partial charge in [0.2, 0.25) is 5.91 Å². The summed E-state index contributed by atoms with van der Waals surface area (Å²) >= 11 is 6.06. The molecule has 1 unspecified atom stereocenters. The van der Waals surface area contributed by atoms with Gasteiger partial charge in [0.05, 0.1) is 39.0 Å². The molecule has 2 heterocycles. The van der Waals surface area contributed by atoms with Crippen molar-refractivity contribution >= 4 is 28.5 Å². The van der Waals surface area contributed by atoms with E-state index in [2.05, 4.69) is 10.2 Å². The minimum atomic E-state index is -0.0410. The molecule has 1 aliphatic heterocycles. The fraction of sp³-hybridized carbons (Fsp3) is 0.348. The van der Waals surface area contributed by atoms with Gasteiger partial charge in [0.1, 0.15) is 11.3 Å².